The van der Waals surface area contributed by atoms with Crippen LogP contribution in [0.5, 0.6) is 0 Å². The van der Waals surface area contributed by atoms with Crippen molar-refractivity contribution < 1.29 is 0 Å². The van der Waals surface area contributed by atoms with E-state index in [0.717, 1.165) is 40.5 Å². The van der Waals surface area contributed by atoms with E-state index >= 15 is 0 Å². The van der Waals surface area contributed by atoms with Crippen molar-refractivity contribution >= 4 is 22.8 Å². The van der Waals surface area contributed by atoms with Crippen LogP contribution in [0, 0.1) is 6.92 Å². The molecule has 0 aliphatic heterocycles. The van der Waals surface area contributed by atoms with Crippen molar-refractivity contribution in [1.82, 2.24) is 14.5 Å². The third-order valence-electron chi connectivity index (χ3n) is 3.43. The molecule has 0 saturated heterocycles. The fourth-order valence-corrected chi connectivity index (χ4v) is 2.57. The van der Waals surface area contributed by atoms with Gasteiger partial charge in [0.2, 0.25) is 0 Å². The maximum absolute atomic E-state index is 5.93. The molecule has 1 aromatic carbocycles. The first kappa shape index (κ1) is 14.0. The van der Waals surface area contributed by atoms with Gasteiger partial charge in [-0.25, -0.2) is 9.97 Å². The lowest BCUT2D eigenvalue weighted by Gasteiger charge is -2.07. The monoisotopic (exact) mass is 300 g/mol. The molecular weight excluding hydrogens is 284 g/mol. The zero-order chi connectivity index (χ0) is 14.8. The number of nitrogens with zero attached hydrogens (tertiary/aromatic N) is 3. The Bertz CT molecular complexity index is 762. The number of hydrogen-bond donors (Lipinski definition) is 1. The molecule has 0 amide bonds. The molecule has 0 saturated carbocycles. The second-order valence-electron chi connectivity index (χ2n) is 5.13. The van der Waals surface area contributed by atoms with Crippen LogP contribution in [0.1, 0.15) is 17.0 Å². The fraction of sp³-hybridized carbons (Fsp3) is 0.250. The van der Waals surface area contributed by atoms with Gasteiger partial charge in [0.15, 0.2) is 5.65 Å². The van der Waals surface area contributed by atoms with Crippen molar-refractivity contribution in [2.24, 2.45) is 5.73 Å². The first-order valence-corrected chi connectivity index (χ1v) is 7.31. The number of imidazole rings is 1. The Hall–Kier alpha value is -1.91. The molecule has 0 bridgehead atoms. The van der Waals surface area contributed by atoms with E-state index in [1.165, 1.54) is 5.56 Å². The van der Waals surface area contributed by atoms with Crippen LogP contribution in [0.3, 0.4) is 0 Å². The third-order valence-corrected chi connectivity index (χ3v) is 3.68. The van der Waals surface area contributed by atoms with Crippen LogP contribution in [-0.2, 0) is 13.0 Å². The van der Waals surface area contributed by atoms with Crippen LogP contribution in [0.4, 0.5) is 0 Å². The topological polar surface area (TPSA) is 56.7 Å². The van der Waals surface area contributed by atoms with Gasteiger partial charge in [0.1, 0.15) is 11.3 Å². The van der Waals surface area contributed by atoms with E-state index in [1.54, 1.807) is 0 Å². The maximum atomic E-state index is 5.93. The van der Waals surface area contributed by atoms with Gasteiger partial charge >= 0.3 is 0 Å². The largest absolute Gasteiger partial charge is 0.329 e. The quantitative estimate of drug-likeness (QED) is 0.806. The standard InChI is InChI=1S/C16H17ClN4/c1-11-8-14-16(19-10-11)21(7-6-18)15(20-14)9-12-2-4-13(17)5-3-12/h2-5,8,10H,6-7,9,18H2,1H3. The number of fused-ring (bicyclic) bond motifs is 1. The summed E-state index contributed by atoms with van der Waals surface area (Å²) in [5, 5.41) is 0.742. The molecule has 2 heterocycles. The van der Waals surface area contributed by atoms with Crippen molar-refractivity contribution in [3.8, 4) is 0 Å². The normalized spacial score (nSPS) is 11.2. The minimum atomic E-state index is 0.564. The number of nitrogens with two attached hydrogens (primary N) is 1. The Morgan fingerprint density at radius 3 is 2.71 bits per heavy atom. The predicted molar refractivity (Wildman–Crippen MR) is 85.6 cm³/mol. The lowest BCUT2D eigenvalue weighted by molar-refractivity contribution is 0.684. The molecule has 2 aromatic heterocycles. The van der Waals surface area contributed by atoms with E-state index in [0.29, 0.717) is 6.54 Å². The van der Waals surface area contributed by atoms with Gasteiger partial charge in [0.05, 0.1) is 0 Å². The van der Waals surface area contributed by atoms with Gasteiger partial charge in [-0.15, -0.1) is 0 Å². The SMILES string of the molecule is Cc1cnc2c(c1)nc(Cc1ccc(Cl)cc1)n2CCN. The summed E-state index contributed by atoms with van der Waals surface area (Å²) in [7, 11) is 0. The first-order chi connectivity index (χ1) is 10.2. The molecule has 0 unspecified atom stereocenters. The number of aryl methyl sites for hydroxylation is 1. The molecular formula is C16H17ClN4. The van der Waals surface area contributed by atoms with E-state index in [4.69, 9.17) is 22.3 Å². The second kappa shape index (κ2) is 5.84. The highest BCUT2D eigenvalue weighted by molar-refractivity contribution is 6.30. The summed E-state index contributed by atoms with van der Waals surface area (Å²) >= 11 is 5.93. The summed E-state index contributed by atoms with van der Waals surface area (Å²) in [4.78, 5) is 9.22. The molecule has 0 atom stereocenters. The molecule has 0 fully saturated rings. The average Bonchev–Trinajstić information content (AvgIpc) is 2.79. The second-order valence-corrected chi connectivity index (χ2v) is 5.56. The van der Waals surface area contributed by atoms with Gasteiger partial charge in [0.25, 0.3) is 0 Å². The molecule has 0 spiro atoms. The number of aromatic nitrogens is 3. The Labute approximate surface area is 128 Å². The van der Waals surface area contributed by atoms with Gasteiger partial charge in [-0.05, 0) is 36.2 Å². The summed E-state index contributed by atoms with van der Waals surface area (Å²) in [6.07, 6.45) is 2.61. The molecule has 0 aliphatic rings. The fourth-order valence-electron chi connectivity index (χ4n) is 2.44. The van der Waals surface area contributed by atoms with Crippen LogP contribution < -0.4 is 5.73 Å². The maximum Gasteiger partial charge on any atom is 0.160 e. The van der Waals surface area contributed by atoms with E-state index in [9.17, 15) is 0 Å². The van der Waals surface area contributed by atoms with Gasteiger partial charge in [-0.2, -0.15) is 0 Å². The predicted octanol–water partition coefficient (Wildman–Crippen LogP) is 2.94. The van der Waals surface area contributed by atoms with Crippen molar-refractivity contribution in [3.05, 3.63) is 58.5 Å². The number of benzene rings is 1. The highest BCUT2D eigenvalue weighted by Gasteiger charge is 2.12. The lowest BCUT2D eigenvalue weighted by Crippen LogP contribution is -2.13. The molecule has 0 aliphatic carbocycles. The minimum absolute atomic E-state index is 0.564. The Morgan fingerprint density at radius 1 is 1.24 bits per heavy atom. The molecule has 108 valence electrons. The third kappa shape index (κ3) is 2.91. The minimum Gasteiger partial charge on any atom is -0.329 e. The lowest BCUT2D eigenvalue weighted by atomic mass is 10.1. The smallest absolute Gasteiger partial charge is 0.160 e. The van der Waals surface area contributed by atoms with E-state index < -0.39 is 0 Å². The Balaban J connectivity index is 2.03. The van der Waals surface area contributed by atoms with E-state index in [2.05, 4.69) is 15.6 Å². The highest BCUT2D eigenvalue weighted by Crippen LogP contribution is 2.19. The zero-order valence-electron chi connectivity index (χ0n) is 11.9. The van der Waals surface area contributed by atoms with Crippen LogP contribution in [0.2, 0.25) is 5.02 Å². The van der Waals surface area contributed by atoms with Crippen LogP contribution in [0.25, 0.3) is 11.2 Å². The van der Waals surface area contributed by atoms with Crippen molar-refractivity contribution in [1.29, 1.82) is 0 Å². The number of pyridine rings is 1. The van der Waals surface area contributed by atoms with Gasteiger partial charge in [-0.1, -0.05) is 23.7 Å². The van der Waals surface area contributed by atoms with Gasteiger partial charge in [-0.3, -0.25) is 0 Å². The summed E-state index contributed by atoms with van der Waals surface area (Å²) in [6.45, 7) is 3.30. The molecule has 3 aromatic rings. The molecule has 2 N–H and O–H groups in total. The Kier molecular flexibility index (Phi) is 3.90. The summed E-state index contributed by atoms with van der Waals surface area (Å²) in [5.41, 5.74) is 9.83. The summed E-state index contributed by atoms with van der Waals surface area (Å²) < 4.78 is 2.10. The van der Waals surface area contributed by atoms with Crippen LogP contribution in [0.15, 0.2) is 36.5 Å². The van der Waals surface area contributed by atoms with Crippen molar-refractivity contribution in [3.63, 3.8) is 0 Å². The number of rotatable bonds is 4. The Morgan fingerprint density at radius 2 is 2.00 bits per heavy atom. The van der Waals surface area contributed by atoms with Crippen LogP contribution in [-0.4, -0.2) is 21.1 Å². The van der Waals surface area contributed by atoms with Crippen molar-refractivity contribution in [2.75, 3.05) is 6.54 Å². The molecule has 21 heavy (non-hydrogen) atoms. The first-order valence-electron chi connectivity index (χ1n) is 6.93. The van der Waals surface area contributed by atoms with Crippen LogP contribution >= 0.6 is 11.6 Å². The average molecular weight is 301 g/mol. The van der Waals surface area contributed by atoms with E-state index in [-0.39, 0.29) is 0 Å². The number of halogens is 1. The summed E-state index contributed by atoms with van der Waals surface area (Å²) in [5.74, 6) is 0.982. The molecule has 3 rings (SSSR count). The summed E-state index contributed by atoms with van der Waals surface area (Å²) in [6, 6.07) is 9.89. The molecule has 0 radical (unpaired) electrons. The highest BCUT2D eigenvalue weighted by atomic mass is 35.5. The molecule has 5 heteroatoms. The zero-order valence-corrected chi connectivity index (χ0v) is 12.6. The van der Waals surface area contributed by atoms with Crippen molar-refractivity contribution in [2.45, 2.75) is 19.9 Å². The molecule has 4 nitrogen and oxygen atoms in total. The number of hydrogen-bond acceptors (Lipinski definition) is 3. The van der Waals surface area contributed by atoms with E-state index in [1.807, 2.05) is 37.4 Å². The van der Waals surface area contributed by atoms with Gasteiger partial charge < -0.3 is 10.3 Å². The van der Waals surface area contributed by atoms with Gasteiger partial charge in [0, 0.05) is 30.7 Å².